The van der Waals surface area contributed by atoms with Crippen LogP contribution in [0.25, 0.3) is 37.7 Å². The maximum absolute atomic E-state index is 6.09. The molecule has 0 radical (unpaired) electrons. The van der Waals surface area contributed by atoms with E-state index in [9.17, 15) is 0 Å². The molecule has 5 nitrogen and oxygen atoms in total. The third-order valence-corrected chi connectivity index (χ3v) is 5.71. The summed E-state index contributed by atoms with van der Waals surface area (Å²) < 4.78 is 4.13. The molecule has 0 atom stereocenters. The van der Waals surface area contributed by atoms with Crippen molar-refractivity contribution in [2.75, 3.05) is 0 Å². The lowest BCUT2D eigenvalue weighted by molar-refractivity contribution is 0.947. The number of rotatable bonds is 3. The van der Waals surface area contributed by atoms with Crippen molar-refractivity contribution in [1.82, 2.24) is 18.9 Å². The molecule has 0 aliphatic heterocycles. The molecule has 0 bridgehead atoms. The van der Waals surface area contributed by atoms with Crippen molar-refractivity contribution in [2.45, 2.75) is 6.54 Å². The first-order valence-electron chi connectivity index (χ1n) is 8.42. The molecule has 0 fully saturated rings. The maximum atomic E-state index is 6.09. The molecule has 2 N–H and O–H groups in total. The fourth-order valence-electron chi connectivity index (χ4n) is 3.34. The zero-order chi connectivity index (χ0) is 17.7. The number of nitrogens with zero attached hydrogens (tertiary/aromatic N) is 4. The van der Waals surface area contributed by atoms with E-state index in [1.165, 1.54) is 10.4 Å². The predicted octanol–water partition coefficient (Wildman–Crippen LogP) is 4.08. The van der Waals surface area contributed by atoms with Gasteiger partial charge in [-0.3, -0.25) is 4.40 Å². The summed E-state index contributed by atoms with van der Waals surface area (Å²) in [6.45, 7) is 0.432. The Morgan fingerprint density at radius 3 is 2.73 bits per heavy atom. The average Bonchev–Trinajstić information content (AvgIpc) is 3.34. The van der Waals surface area contributed by atoms with Crippen molar-refractivity contribution in [3.63, 3.8) is 0 Å². The van der Waals surface area contributed by atoms with E-state index in [4.69, 9.17) is 10.7 Å². The van der Waals surface area contributed by atoms with Gasteiger partial charge in [0.05, 0.1) is 33.6 Å². The summed E-state index contributed by atoms with van der Waals surface area (Å²) in [5.74, 6) is 0. The number of fused-ring (bicyclic) bond motifs is 2. The number of thiazole rings is 1. The van der Waals surface area contributed by atoms with Gasteiger partial charge in [0.2, 0.25) is 0 Å². The first-order chi connectivity index (χ1) is 12.7. The van der Waals surface area contributed by atoms with Crippen molar-refractivity contribution >= 4 is 27.3 Å². The molecule has 0 aliphatic carbocycles. The summed E-state index contributed by atoms with van der Waals surface area (Å²) in [5, 5.41) is 0. The van der Waals surface area contributed by atoms with Gasteiger partial charge < -0.3 is 10.3 Å². The van der Waals surface area contributed by atoms with E-state index < -0.39 is 0 Å². The van der Waals surface area contributed by atoms with Crippen LogP contribution in [0.4, 0.5) is 0 Å². The molecule has 0 unspecified atom stereocenters. The molecule has 0 saturated heterocycles. The summed E-state index contributed by atoms with van der Waals surface area (Å²) in [4.78, 5) is 11.5. The van der Waals surface area contributed by atoms with Gasteiger partial charge in [-0.15, -0.1) is 0 Å². The second-order valence-corrected chi connectivity index (χ2v) is 7.29. The van der Waals surface area contributed by atoms with Crippen LogP contribution in [0.15, 0.2) is 61.1 Å². The predicted molar refractivity (Wildman–Crippen MR) is 106 cm³/mol. The molecule has 3 aromatic heterocycles. The van der Waals surface area contributed by atoms with Gasteiger partial charge in [-0.05, 0) is 17.7 Å². The summed E-state index contributed by atoms with van der Waals surface area (Å²) in [6, 6.07) is 16.6. The number of benzene rings is 2. The number of nitrogens with two attached hydrogens (primary N) is 1. The van der Waals surface area contributed by atoms with Crippen LogP contribution in [-0.4, -0.2) is 18.9 Å². The maximum Gasteiger partial charge on any atom is 0.195 e. The number of hydrogen-bond donors (Lipinski definition) is 1. The smallest absolute Gasteiger partial charge is 0.195 e. The van der Waals surface area contributed by atoms with Crippen LogP contribution in [-0.2, 0) is 13.6 Å². The Morgan fingerprint density at radius 1 is 1.08 bits per heavy atom. The first-order valence-corrected chi connectivity index (χ1v) is 9.24. The van der Waals surface area contributed by atoms with Gasteiger partial charge in [0.15, 0.2) is 4.96 Å². The molecule has 0 saturated carbocycles. The first kappa shape index (κ1) is 15.3. The van der Waals surface area contributed by atoms with Gasteiger partial charge in [-0.2, -0.15) is 0 Å². The van der Waals surface area contributed by atoms with Gasteiger partial charge in [0, 0.05) is 25.4 Å². The fourth-order valence-corrected chi connectivity index (χ4v) is 4.34. The quantitative estimate of drug-likeness (QED) is 0.528. The van der Waals surface area contributed by atoms with E-state index in [-0.39, 0.29) is 0 Å². The number of aryl methyl sites for hydroxylation is 1. The van der Waals surface area contributed by atoms with Crippen molar-refractivity contribution in [2.24, 2.45) is 12.8 Å². The van der Waals surface area contributed by atoms with Crippen LogP contribution >= 0.6 is 11.3 Å². The summed E-state index contributed by atoms with van der Waals surface area (Å²) in [5.41, 5.74) is 12.4. The highest BCUT2D eigenvalue weighted by Gasteiger charge is 2.17. The highest BCUT2D eigenvalue weighted by molar-refractivity contribution is 7.20. The standard InChI is InChI=1S/C20H17N5S/c1-24-12-22-15-9-14(7-8-16(15)24)19-17(10-21)25-11-18(26-20(25)23-19)13-5-3-2-4-6-13/h2-9,11-12H,10,21H2,1H3. The van der Waals surface area contributed by atoms with Crippen LogP contribution < -0.4 is 5.73 Å². The Morgan fingerprint density at radius 2 is 1.92 bits per heavy atom. The van der Waals surface area contributed by atoms with E-state index in [0.29, 0.717) is 6.54 Å². The van der Waals surface area contributed by atoms with E-state index in [1.807, 2.05) is 24.0 Å². The Labute approximate surface area is 154 Å². The van der Waals surface area contributed by atoms with Crippen LogP contribution in [0.3, 0.4) is 0 Å². The van der Waals surface area contributed by atoms with Crippen molar-refractivity contribution in [3.8, 4) is 21.7 Å². The summed E-state index contributed by atoms with van der Waals surface area (Å²) >= 11 is 1.68. The zero-order valence-corrected chi connectivity index (χ0v) is 15.1. The minimum atomic E-state index is 0.432. The minimum absolute atomic E-state index is 0.432. The third kappa shape index (κ3) is 2.27. The lowest BCUT2D eigenvalue weighted by Crippen LogP contribution is -2.01. The third-order valence-electron chi connectivity index (χ3n) is 4.68. The lowest BCUT2D eigenvalue weighted by atomic mass is 10.1. The van der Waals surface area contributed by atoms with Gasteiger partial charge in [0.1, 0.15) is 0 Å². The minimum Gasteiger partial charge on any atom is -0.334 e. The molecule has 0 spiro atoms. The molecule has 5 aromatic rings. The normalized spacial score (nSPS) is 11.6. The van der Waals surface area contributed by atoms with Gasteiger partial charge in [0.25, 0.3) is 0 Å². The monoisotopic (exact) mass is 359 g/mol. The van der Waals surface area contributed by atoms with E-state index in [1.54, 1.807) is 11.3 Å². The Hall–Kier alpha value is -2.96. The van der Waals surface area contributed by atoms with Gasteiger partial charge >= 0.3 is 0 Å². The average molecular weight is 359 g/mol. The topological polar surface area (TPSA) is 61.1 Å². The van der Waals surface area contributed by atoms with Crippen molar-refractivity contribution in [1.29, 1.82) is 0 Å². The number of imidazole rings is 2. The number of aromatic nitrogens is 4. The van der Waals surface area contributed by atoms with E-state index in [2.05, 4.69) is 58.0 Å². The Bertz CT molecular complexity index is 1230. The molecule has 26 heavy (non-hydrogen) atoms. The SMILES string of the molecule is Cn1cnc2cc(-c3nc4sc(-c5ccccc5)cn4c3CN)ccc21. The van der Waals surface area contributed by atoms with Crippen LogP contribution in [0.2, 0.25) is 0 Å². The van der Waals surface area contributed by atoms with E-state index in [0.717, 1.165) is 32.9 Å². The lowest BCUT2D eigenvalue weighted by Gasteiger charge is -2.03. The van der Waals surface area contributed by atoms with Crippen LogP contribution in [0.1, 0.15) is 5.69 Å². The van der Waals surface area contributed by atoms with Crippen molar-refractivity contribution < 1.29 is 0 Å². The Balaban J connectivity index is 1.66. The van der Waals surface area contributed by atoms with Gasteiger partial charge in [-0.25, -0.2) is 9.97 Å². The molecule has 0 aliphatic rings. The second-order valence-electron chi connectivity index (χ2n) is 6.28. The Kier molecular flexibility index (Phi) is 3.41. The molecule has 5 rings (SSSR count). The highest BCUT2D eigenvalue weighted by atomic mass is 32.1. The largest absolute Gasteiger partial charge is 0.334 e. The number of hydrogen-bond acceptors (Lipinski definition) is 4. The summed E-state index contributed by atoms with van der Waals surface area (Å²) in [6.07, 6.45) is 3.96. The molecule has 0 amide bonds. The summed E-state index contributed by atoms with van der Waals surface area (Å²) in [7, 11) is 2.00. The van der Waals surface area contributed by atoms with Crippen molar-refractivity contribution in [3.05, 3.63) is 66.7 Å². The molecule has 128 valence electrons. The second kappa shape index (κ2) is 5.79. The fraction of sp³-hybridized carbons (Fsp3) is 0.100. The molecule has 2 aromatic carbocycles. The molecule has 3 heterocycles. The van der Waals surface area contributed by atoms with E-state index >= 15 is 0 Å². The highest BCUT2D eigenvalue weighted by Crippen LogP contribution is 2.33. The molecular weight excluding hydrogens is 342 g/mol. The van der Waals surface area contributed by atoms with Crippen LogP contribution in [0, 0.1) is 0 Å². The molecule has 6 heteroatoms. The zero-order valence-electron chi connectivity index (χ0n) is 14.3. The molecular formula is C20H17N5S. The van der Waals surface area contributed by atoms with Gasteiger partial charge in [-0.1, -0.05) is 47.7 Å². The van der Waals surface area contributed by atoms with Crippen LogP contribution in [0.5, 0.6) is 0 Å².